The smallest absolute Gasteiger partial charge is 0.326 e. The molecule has 1 aromatic rings. The monoisotopic (exact) mass is 271 g/mol. The first-order valence-electron chi connectivity index (χ1n) is 4.89. The molecular formula is C11H14BrNO2. The molecule has 3 nitrogen and oxygen atoms in total. The van der Waals surface area contributed by atoms with E-state index in [1.54, 1.807) is 0 Å². The molecule has 0 aliphatic heterocycles. The van der Waals surface area contributed by atoms with Crippen molar-refractivity contribution in [2.75, 3.05) is 5.32 Å². The fraction of sp³-hybridized carbons (Fsp3) is 0.364. The van der Waals surface area contributed by atoms with Crippen LogP contribution in [0.15, 0.2) is 28.7 Å². The number of benzene rings is 1. The van der Waals surface area contributed by atoms with Gasteiger partial charge in [-0.15, -0.1) is 0 Å². The molecule has 0 unspecified atom stereocenters. The van der Waals surface area contributed by atoms with E-state index in [1.807, 2.05) is 31.2 Å². The Balaban J connectivity index is 2.74. The summed E-state index contributed by atoms with van der Waals surface area (Å²) >= 11 is 3.37. The Kier molecular flexibility index (Phi) is 4.62. The molecule has 0 fully saturated rings. The average molecular weight is 272 g/mol. The van der Waals surface area contributed by atoms with Gasteiger partial charge in [0, 0.05) is 10.2 Å². The Hall–Kier alpha value is -1.03. The van der Waals surface area contributed by atoms with E-state index in [9.17, 15) is 4.79 Å². The fourth-order valence-corrected chi connectivity index (χ4v) is 1.71. The van der Waals surface area contributed by atoms with Gasteiger partial charge in [-0.2, -0.15) is 0 Å². The van der Waals surface area contributed by atoms with Crippen LogP contribution in [0, 0.1) is 0 Å². The highest BCUT2D eigenvalue weighted by atomic mass is 79.9. The highest BCUT2D eigenvalue weighted by Gasteiger charge is 2.16. The number of para-hydroxylation sites is 1. The predicted octanol–water partition coefficient (Wildman–Crippen LogP) is 3.11. The Labute approximate surface area is 97.6 Å². The zero-order valence-corrected chi connectivity index (χ0v) is 10.1. The Bertz CT molecular complexity index is 341. The highest BCUT2D eigenvalue weighted by Crippen LogP contribution is 2.22. The van der Waals surface area contributed by atoms with E-state index in [1.165, 1.54) is 0 Å². The second kappa shape index (κ2) is 5.75. The predicted molar refractivity (Wildman–Crippen MR) is 64.1 cm³/mol. The molecule has 0 saturated heterocycles. The Morgan fingerprint density at radius 2 is 2.20 bits per heavy atom. The van der Waals surface area contributed by atoms with Gasteiger partial charge in [-0.1, -0.05) is 25.5 Å². The normalized spacial score (nSPS) is 12.1. The van der Waals surface area contributed by atoms with Crippen LogP contribution < -0.4 is 5.32 Å². The summed E-state index contributed by atoms with van der Waals surface area (Å²) in [7, 11) is 0. The molecule has 4 heteroatoms. The maximum atomic E-state index is 10.9. The zero-order valence-electron chi connectivity index (χ0n) is 8.53. The van der Waals surface area contributed by atoms with Crippen molar-refractivity contribution >= 4 is 27.6 Å². The van der Waals surface area contributed by atoms with Crippen molar-refractivity contribution in [3.05, 3.63) is 28.7 Å². The van der Waals surface area contributed by atoms with E-state index < -0.39 is 12.0 Å². The van der Waals surface area contributed by atoms with Crippen LogP contribution in [-0.2, 0) is 4.79 Å². The minimum absolute atomic E-state index is 0.520. The van der Waals surface area contributed by atoms with Gasteiger partial charge in [0.1, 0.15) is 6.04 Å². The minimum Gasteiger partial charge on any atom is -0.480 e. The van der Waals surface area contributed by atoms with E-state index in [0.29, 0.717) is 6.42 Å². The quantitative estimate of drug-likeness (QED) is 0.865. The summed E-state index contributed by atoms with van der Waals surface area (Å²) < 4.78 is 0.882. The van der Waals surface area contributed by atoms with Crippen LogP contribution >= 0.6 is 15.9 Å². The van der Waals surface area contributed by atoms with Gasteiger partial charge in [0.25, 0.3) is 0 Å². The van der Waals surface area contributed by atoms with Crippen LogP contribution in [0.4, 0.5) is 5.69 Å². The van der Waals surface area contributed by atoms with E-state index in [0.717, 1.165) is 16.6 Å². The summed E-state index contributed by atoms with van der Waals surface area (Å²) in [6.07, 6.45) is 1.46. The van der Waals surface area contributed by atoms with Gasteiger partial charge in [-0.25, -0.2) is 4.79 Å². The number of hydrogen-bond acceptors (Lipinski definition) is 2. The summed E-state index contributed by atoms with van der Waals surface area (Å²) in [6.45, 7) is 1.97. The largest absolute Gasteiger partial charge is 0.480 e. The molecule has 1 rings (SSSR count). The van der Waals surface area contributed by atoms with Crippen molar-refractivity contribution < 1.29 is 9.90 Å². The molecule has 0 amide bonds. The fourth-order valence-electron chi connectivity index (χ4n) is 1.31. The molecule has 0 radical (unpaired) electrons. The molecule has 0 heterocycles. The summed E-state index contributed by atoms with van der Waals surface area (Å²) in [6, 6.07) is 6.99. The van der Waals surface area contributed by atoms with Crippen molar-refractivity contribution in [2.24, 2.45) is 0 Å². The summed E-state index contributed by atoms with van der Waals surface area (Å²) in [4.78, 5) is 10.9. The van der Waals surface area contributed by atoms with Crippen molar-refractivity contribution in [3.63, 3.8) is 0 Å². The van der Waals surface area contributed by atoms with Gasteiger partial charge in [0.05, 0.1) is 0 Å². The number of carbonyl (C=O) groups is 1. The van der Waals surface area contributed by atoms with E-state index in [2.05, 4.69) is 21.2 Å². The third-order valence-electron chi connectivity index (χ3n) is 2.08. The van der Waals surface area contributed by atoms with Crippen LogP contribution in [0.3, 0.4) is 0 Å². The number of carboxylic acid groups (broad SMARTS) is 1. The molecule has 0 spiro atoms. The summed E-state index contributed by atoms with van der Waals surface area (Å²) in [5.74, 6) is -0.812. The molecule has 0 saturated carbocycles. The van der Waals surface area contributed by atoms with Crippen molar-refractivity contribution in [3.8, 4) is 0 Å². The third-order valence-corrected chi connectivity index (χ3v) is 2.77. The number of nitrogens with one attached hydrogen (secondary N) is 1. The third kappa shape index (κ3) is 3.55. The Morgan fingerprint density at radius 3 is 2.73 bits per heavy atom. The lowest BCUT2D eigenvalue weighted by Crippen LogP contribution is -2.29. The first kappa shape index (κ1) is 12.0. The average Bonchev–Trinajstić information content (AvgIpc) is 2.20. The zero-order chi connectivity index (χ0) is 11.3. The number of rotatable bonds is 5. The number of aliphatic carboxylic acids is 1. The lowest BCUT2D eigenvalue weighted by molar-refractivity contribution is -0.138. The first-order valence-corrected chi connectivity index (χ1v) is 5.68. The van der Waals surface area contributed by atoms with Crippen LogP contribution in [0.1, 0.15) is 19.8 Å². The molecule has 0 aliphatic carbocycles. The molecule has 15 heavy (non-hydrogen) atoms. The molecule has 1 aromatic carbocycles. The van der Waals surface area contributed by atoms with Crippen LogP contribution in [0.5, 0.6) is 0 Å². The van der Waals surface area contributed by atoms with Crippen LogP contribution in [-0.4, -0.2) is 17.1 Å². The van der Waals surface area contributed by atoms with Gasteiger partial charge < -0.3 is 10.4 Å². The minimum atomic E-state index is -0.812. The maximum absolute atomic E-state index is 10.9. The highest BCUT2D eigenvalue weighted by molar-refractivity contribution is 9.10. The molecular weight excluding hydrogens is 258 g/mol. The maximum Gasteiger partial charge on any atom is 0.326 e. The van der Waals surface area contributed by atoms with Gasteiger partial charge in [0.15, 0.2) is 0 Å². The number of anilines is 1. The van der Waals surface area contributed by atoms with Gasteiger partial charge in [-0.05, 0) is 34.5 Å². The SMILES string of the molecule is CCC[C@H](Nc1ccccc1Br)C(=O)O. The molecule has 1 atom stereocenters. The van der Waals surface area contributed by atoms with E-state index in [-0.39, 0.29) is 0 Å². The number of hydrogen-bond donors (Lipinski definition) is 2. The molecule has 82 valence electrons. The molecule has 0 aromatic heterocycles. The van der Waals surface area contributed by atoms with Gasteiger partial charge >= 0.3 is 5.97 Å². The van der Waals surface area contributed by atoms with E-state index in [4.69, 9.17) is 5.11 Å². The van der Waals surface area contributed by atoms with Gasteiger partial charge in [0.2, 0.25) is 0 Å². The first-order chi connectivity index (χ1) is 7.15. The molecule has 2 N–H and O–H groups in total. The Morgan fingerprint density at radius 1 is 1.53 bits per heavy atom. The number of carboxylic acids is 1. The van der Waals surface area contributed by atoms with E-state index >= 15 is 0 Å². The topological polar surface area (TPSA) is 49.3 Å². The van der Waals surface area contributed by atoms with Gasteiger partial charge in [-0.3, -0.25) is 0 Å². The van der Waals surface area contributed by atoms with Crippen LogP contribution in [0.25, 0.3) is 0 Å². The molecule has 0 aliphatic rings. The van der Waals surface area contributed by atoms with Crippen molar-refractivity contribution in [1.29, 1.82) is 0 Å². The second-order valence-corrected chi connectivity index (χ2v) is 4.16. The standard InChI is InChI=1S/C11H14BrNO2/c1-2-5-10(11(14)15)13-9-7-4-3-6-8(9)12/h3-4,6-7,10,13H,2,5H2,1H3,(H,14,15)/t10-/m0/s1. The lowest BCUT2D eigenvalue weighted by Gasteiger charge is -2.15. The van der Waals surface area contributed by atoms with Crippen molar-refractivity contribution in [1.82, 2.24) is 0 Å². The second-order valence-electron chi connectivity index (χ2n) is 3.30. The number of halogens is 1. The summed E-state index contributed by atoms with van der Waals surface area (Å²) in [5.41, 5.74) is 0.818. The van der Waals surface area contributed by atoms with Crippen molar-refractivity contribution in [2.45, 2.75) is 25.8 Å². The van der Waals surface area contributed by atoms with Crippen LogP contribution in [0.2, 0.25) is 0 Å². The summed E-state index contributed by atoms with van der Waals surface area (Å²) in [5, 5.41) is 12.0. The molecule has 0 bridgehead atoms. The lowest BCUT2D eigenvalue weighted by atomic mass is 10.1.